The predicted molar refractivity (Wildman–Crippen MR) is 46.8 cm³/mol. The normalized spacial score (nSPS) is 20.6. The lowest BCUT2D eigenvalue weighted by molar-refractivity contribution is 1.11. The number of hydrogen-bond donors (Lipinski definition) is 0. The second-order valence-electron chi connectivity index (χ2n) is 1.82. The van der Waals surface area contributed by atoms with E-state index in [1.807, 2.05) is 30.4 Å². The molecule has 0 unspecified atom stereocenters. The van der Waals surface area contributed by atoms with Gasteiger partial charge in [-0.15, -0.1) is 29.4 Å². The second-order valence-corrected chi connectivity index (χ2v) is 4.55. The van der Waals surface area contributed by atoms with Crippen LogP contribution < -0.4 is 0 Å². The molecule has 0 radical (unpaired) electrons. The van der Waals surface area contributed by atoms with Gasteiger partial charge in [0.2, 0.25) is 0 Å². The molecule has 0 N–H and O–H groups in total. The lowest BCUT2D eigenvalue weighted by Crippen LogP contribution is -2.03. The van der Waals surface area contributed by atoms with E-state index in [1.165, 1.54) is 17.9 Å². The Morgan fingerprint density at radius 1 is 1.33 bits per heavy atom. The average molecular weight is 158 g/mol. The summed E-state index contributed by atoms with van der Waals surface area (Å²) in [5.74, 6) is 8.70. The van der Waals surface area contributed by atoms with E-state index in [0.717, 1.165) is 0 Å². The van der Waals surface area contributed by atoms with Gasteiger partial charge in [0.1, 0.15) is 4.58 Å². The molecule has 1 aliphatic heterocycles. The lowest BCUT2D eigenvalue weighted by Gasteiger charge is -2.14. The lowest BCUT2D eigenvalue weighted by atomic mass is 10.6. The van der Waals surface area contributed by atoms with E-state index in [0.29, 0.717) is 4.58 Å². The molecule has 50 valence electrons. The minimum absolute atomic E-state index is 0.573. The SMILES string of the molecule is CC#CC1SCCCS1. The van der Waals surface area contributed by atoms with Gasteiger partial charge in [-0.25, -0.2) is 0 Å². The van der Waals surface area contributed by atoms with Crippen LogP contribution in [0.3, 0.4) is 0 Å². The van der Waals surface area contributed by atoms with E-state index in [2.05, 4.69) is 11.8 Å². The van der Waals surface area contributed by atoms with Gasteiger partial charge in [-0.05, 0) is 24.9 Å². The molecule has 0 spiro atoms. The molecule has 1 saturated heterocycles. The van der Waals surface area contributed by atoms with E-state index in [-0.39, 0.29) is 0 Å². The first kappa shape index (κ1) is 7.37. The van der Waals surface area contributed by atoms with Gasteiger partial charge in [0.25, 0.3) is 0 Å². The van der Waals surface area contributed by atoms with Crippen molar-refractivity contribution in [2.75, 3.05) is 11.5 Å². The molecule has 1 rings (SSSR count). The maximum atomic E-state index is 3.16. The van der Waals surface area contributed by atoms with Crippen molar-refractivity contribution < 1.29 is 0 Å². The van der Waals surface area contributed by atoms with Gasteiger partial charge in [-0.2, -0.15) is 0 Å². The van der Waals surface area contributed by atoms with Crippen LogP contribution in [-0.2, 0) is 0 Å². The molecule has 0 bridgehead atoms. The maximum Gasteiger partial charge on any atom is 0.111 e. The smallest absolute Gasteiger partial charge is 0.111 e. The van der Waals surface area contributed by atoms with Gasteiger partial charge >= 0.3 is 0 Å². The van der Waals surface area contributed by atoms with Crippen LogP contribution >= 0.6 is 23.5 Å². The molecule has 0 nitrogen and oxygen atoms in total. The zero-order valence-electron chi connectivity index (χ0n) is 5.52. The van der Waals surface area contributed by atoms with Crippen molar-refractivity contribution in [1.29, 1.82) is 0 Å². The van der Waals surface area contributed by atoms with Crippen LogP contribution in [0.4, 0.5) is 0 Å². The number of thioether (sulfide) groups is 2. The fraction of sp³-hybridized carbons (Fsp3) is 0.714. The predicted octanol–water partition coefficient (Wildman–Crippen LogP) is 2.21. The van der Waals surface area contributed by atoms with Crippen molar-refractivity contribution in [1.82, 2.24) is 0 Å². The van der Waals surface area contributed by atoms with Gasteiger partial charge in [0.05, 0.1) is 0 Å². The van der Waals surface area contributed by atoms with Crippen molar-refractivity contribution >= 4 is 23.5 Å². The zero-order chi connectivity index (χ0) is 6.53. The van der Waals surface area contributed by atoms with E-state index in [4.69, 9.17) is 0 Å². The summed E-state index contributed by atoms with van der Waals surface area (Å²) in [5, 5.41) is 0. The Balaban J connectivity index is 2.28. The molecular weight excluding hydrogens is 148 g/mol. The standard InChI is InChI=1S/C7H10S2/c1-2-4-7-8-5-3-6-9-7/h7H,3,5-6H2,1H3. The quantitative estimate of drug-likeness (QED) is 0.496. The van der Waals surface area contributed by atoms with Gasteiger partial charge < -0.3 is 0 Å². The van der Waals surface area contributed by atoms with Gasteiger partial charge in [0.15, 0.2) is 0 Å². The summed E-state index contributed by atoms with van der Waals surface area (Å²) in [5.41, 5.74) is 0. The Morgan fingerprint density at radius 2 is 2.00 bits per heavy atom. The molecule has 0 atom stereocenters. The first-order valence-corrected chi connectivity index (χ1v) is 5.18. The summed E-state index contributed by atoms with van der Waals surface area (Å²) < 4.78 is 0.573. The van der Waals surface area contributed by atoms with Gasteiger partial charge in [0, 0.05) is 0 Å². The highest BCUT2D eigenvalue weighted by Gasteiger charge is 2.09. The monoisotopic (exact) mass is 158 g/mol. The fourth-order valence-electron chi connectivity index (χ4n) is 0.689. The summed E-state index contributed by atoms with van der Waals surface area (Å²) in [4.78, 5) is 0. The molecular formula is C7H10S2. The van der Waals surface area contributed by atoms with Crippen LogP contribution in [-0.4, -0.2) is 16.1 Å². The molecule has 0 aromatic rings. The van der Waals surface area contributed by atoms with Crippen molar-refractivity contribution in [3.8, 4) is 11.8 Å². The minimum Gasteiger partial charge on any atom is -0.135 e. The molecule has 0 aromatic heterocycles. The van der Waals surface area contributed by atoms with Crippen molar-refractivity contribution in [2.45, 2.75) is 17.9 Å². The Kier molecular flexibility index (Phi) is 3.39. The Hall–Kier alpha value is 0.260. The molecule has 0 aliphatic carbocycles. The van der Waals surface area contributed by atoms with Crippen molar-refractivity contribution in [3.63, 3.8) is 0 Å². The zero-order valence-corrected chi connectivity index (χ0v) is 7.15. The first-order valence-electron chi connectivity index (χ1n) is 3.09. The summed E-state index contributed by atoms with van der Waals surface area (Å²) in [7, 11) is 0. The Morgan fingerprint density at radius 3 is 2.56 bits per heavy atom. The van der Waals surface area contributed by atoms with Crippen LogP contribution in [0.25, 0.3) is 0 Å². The molecule has 1 heterocycles. The molecule has 1 aliphatic rings. The van der Waals surface area contributed by atoms with Crippen LogP contribution in [0.5, 0.6) is 0 Å². The summed E-state index contributed by atoms with van der Waals surface area (Å²) >= 11 is 3.95. The molecule has 0 aromatic carbocycles. The molecule has 9 heavy (non-hydrogen) atoms. The molecule has 0 saturated carbocycles. The summed E-state index contributed by atoms with van der Waals surface area (Å²) in [6.45, 7) is 1.91. The third-order valence-corrected chi connectivity index (χ3v) is 3.80. The molecule has 2 heteroatoms. The highest BCUT2D eigenvalue weighted by molar-refractivity contribution is 8.17. The number of rotatable bonds is 0. The second kappa shape index (κ2) is 4.14. The fourth-order valence-corrected chi connectivity index (χ4v) is 3.29. The van der Waals surface area contributed by atoms with Crippen molar-refractivity contribution in [2.24, 2.45) is 0 Å². The highest BCUT2D eigenvalue weighted by Crippen LogP contribution is 2.29. The summed E-state index contributed by atoms with van der Waals surface area (Å²) in [6, 6.07) is 0. The van der Waals surface area contributed by atoms with E-state index in [1.54, 1.807) is 0 Å². The first-order chi connectivity index (χ1) is 4.43. The Labute approximate surface area is 65.2 Å². The Bertz CT molecular complexity index is 126. The molecule has 1 fully saturated rings. The third-order valence-electron chi connectivity index (χ3n) is 1.09. The van der Waals surface area contributed by atoms with Crippen molar-refractivity contribution in [3.05, 3.63) is 0 Å². The van der Waals surface area contributed by atoms with E-state index >= 15 is 0 Å². The van der Waals surface area contributed by atoms with Crippen LogP contribution in [0.2, 0.25) is 0 Å². The van der Waals surface area contributed by atoms with E-state index in [9.17, 15) is 0 Å². The third kappa shape index (κ3) is 2.55. The van der Waals surface area contributed by atoms with Crippen LogP contribution in [0.15, 0.2) is 0 Å². The summed E-state index contributed by atoms with van der Waals surface area (Å²) in [6.07, 6.45) is 1.36. The minimum atomic E-state index is 0.573. The largest absolute Gasteiger partial charge is 0.135 e. The van der Waals surface area contributed by atoms with Gasteiger partial charge in [-0.1, -0.05) is 5.92 Å². The maximum absolute atomic E-state index is 3.16. The highest BCUT2D eigenvalue weighted by atomic mass is 32.2. The topological polar surface area (TPSA) is 0 Å². The van der Waals surface area contributed by atoms with Crippen LogP contribution in [0, 0.1) is 11.8 Å². The average Bonchev–Trinajstić information content (AvgIpc) is 1.91. The molecule has 0 amide bonds. The van der Waals surface area contributed by atoms with Crippen LogP contribution in [0.1, 0.15) is 13.3 Å². The van der Waals surface area contributed by atoms with E-state index < -0.39 is 0 Å². The van der Waals surface area contributed by atoms with Gasteiger partial charge in [-0.3, -0.25) is 0 Å². The number of hydrogen-bond acceptors (Lipinski definition) is 2.